The highest BCUT2D eigenvalue weighted by Crippen LogP contribution is 2.23. The fourth-order valence-electron chi connectivity index (χ4n) is 2.28. The van der Waals surface area contributed by atoms with Gasteiger partial charge in [-0.25, -0.2) is 13.2 Å². The second kappa shape index (κ2) is 5.27. The summed E-state index contributed by atoms with van der Waals surface area (Å²) in [7, 11) is -2.13. The van der Waals surface area contributed by atoms with Crippen molar-refractivity contribution in [2.24, 2.45) is 0 Å². The monoisotopic (exact) mass is 288 g/mol. The van der Waals surface area contributed by atoms with Crippen molar-refractivity contribution in [2.75, 3.05) is 20.1 Å². The molecule has 1 aromatic heterocycles. The van der Waals surface area contributed by atoms with Crippen LogP contribution >= 0.6 is 0 Å². The van der Waals surface area contributed by atoms with Gasteiger partial charge in [-0.15, -0.1) is 0 Å². The van der Waals surface area contributed by atoms with Crippen molar-refractivity contribution < 1.29 is 8.42 Å². The number of aromatic nitrogens is 2. The molecule has 3 N–H and O–H groups in total. The van der Waals surface area contributed by atoms with Gasteiger partial charge in [0.05, 0.1) is 0 Å². The largest absolute Gasteiger partial charge is 0.325 e. The average molecular weight is 288 g/mol. The van der Waals surface area contributed by atoms with E-state index in [1.165, 1.54) is 4.31 Å². The molecule has 2 heterocycles. The zero-order chi connectivity index (χ0) is 14.0. The minimum absolute atomic E-state index is 0.165. The van der Waals surface area contributed by atoms with Gasteiger partial charge in [0.15, 0.2) is 4.90 Å². The van der Waals surface area contributed by atoms with Crippen LogP contribution in [-0.4, -0.2) is 48.9 Å². The Morgan fingerprint density at radius 1 is 1.47 bits per heavy atom. The number of sulfonamides is 1. The first kappa shape index (κ1) is 14.0. The first-order chi connectivity index (χ1) is 8.96. The average Bonchev–Trinajstić information content (AvgIpc) is 2.78. The van der Waals surface area contributed by atoms with Crippen LogP contribution in [0.25, 0.3) is 0 Å². The Labute approximate surface area is 109 Å². The van der Waals surface area contributed by atoms with Crippen LogP contribution in [-0.2, 0) is 10.0 Å². The Balaban J connectivity index is 2.42. The highest BCUT2D eigenvalue weighted by molar-refractivity contribution is 7.89. The number of H-pyrrole nitrogens is 2. The molecule has 9 heteroatoms. The van der Waals surface area contributed by atoms with Gasteiger partial charge in [0.1, 0.15) is 0 Å². The maximum atomic E-state index is 12.4. The molecular formula is C10H16N4O4S. The van der Waals surface area contributed by atoms with Gasteiger partial charge in [-0.3, -0.25) is 9.78 Å². The van der Waals surface area contributed by atoms with Crippen LogP contribution in [0.5, 0.6) is 0 Å². The second-order valence-corrected chi connectivity index (χ2v) is 6.26. The lowest BCUT2D eigenvalue weighted by Crippen LogP contribution is -2.43. The summed E-state index contributed by atoms with van der Waals surface area (Å²) in [5, 5.41) is 2.94. The molecule has 106 valence electrons. The van der Waals surface area contributed by atoms with Gasteiger partial charge in [-0.1, -0.05) is 0 Å². The summed E-state index contributed by atoms with van der Waals surface area (Å²) in [5.74, 6) is 0. The number of hydrogen-bond acceptors (Lipinski definition) is 5. The molecule has 1 aromatic rings. The Hall–Kier alpha value is -1.45. The third-order valence-corrected chi connectivity index (χ3v) is 5.09. The number of nitrogens with zero attached hydrogens (tertiary/aromatic N) is 1. The van der Waals surface area contributed by atoms with Crippen LogP contribution < -0.4 is 16.6 Å². The molecule has 0 amide bonds. The van der Waals surface area contributed by atoms with E-state index in [4.69, 9.17) is 0 Å². The Morgan fingerprint density at radius 3 is 2.84 bits per heavy atom. The van der Waals surface area contributed by atoms with Gasteiger partial charge in [0.25, 0.3) is 5.56 Å². The van der Waals surface area contributed by atoms with Crippen LogP contribution in [0.15, 0.2) is 20.7 Å². The molecule has 0 radical (unpaired) electrons. The molecule has 1 aliphatic heterocycles. The summed E-state index contributed by atoms with van der Waals surface area (Å²) in [6.45, 7) is 0.910. The Morgan fingerprint density at radius 2 is 2.21 bits per heavy atom. The highest BCUT2D eigenvalue weighted by atomic mass is 32.2. The molecule has 1 saturated heterocycles. The predicted octanol–water partition coefficient (Wildman–Crippen LogP) is -1.56. The molecule has 19 heavy (non-hydrogen) atoms. The third-order valence-electron chi connectivity index (χ3n) is 3.13. The summed E-state index contributed by atoms with van der Waals surface area (Å²) < 4.78 is 26.1. The van der Waals surface area contributed by atoms with Crippen molar-refractivity contribution in [2.45, 2.75) is 23.8 Å². The molecule has 1 fully saturated rings. The lowest BCUT2D eigenvalue weighted by molar-refractivity contribution is 0.378. The normalized spacial score (nSPS) is 20.8. The second-order valence-electron chi connectivity index (χ2n) is 4.41. The number of hydrogen-bond donors (Lipinski definition) is 3. The van der Waals surface area contributed by atoms with E-state index in [-0.39, 0.29) is 6.04 Å². The number of aromatic amines is 2. The molecule has 8 nitrogen and oxygen atoms in total. The lowest BCUT2D eigenvalue weighted by Gasteiger charge is -2.23. The van der Waals surface area contributed by atoms with Crippen molar-refractivity contribution in [1.29, 1.82) is 0 Å². The van der Waals surface area contributed by atoms with Gasteiger partial charge in [-0.2, -0.15) is 4.31 Å². The SMILES string of the molecule is CNCC1CCCN1S(=O)(=O)c1c[nH]c(=O)[nH]c1=O. The van der Waals surface area contributed by atoms with E-state index in [1.807, 2.05) is 4.98 Å². The summed E-state index contributed by atoms with van der Waals surface area (Å²) in [6, 6.07) is -0.165. The van der Waals surface area contributed by atoms with Crippen molar-refractivity contribution in [3.63, 3.8) is 0 Å². The van der Waals surface area contributed by atoms with Crippen LogP contribution in [0, 0.1) is 0 Å². The number of rotatable bonds is 4. The molecule has 1 aliphatic rings. The molecule has 1 atom stereocenters. The van der Waals surface area contributed by atoms with Crippen molar-refractivity contribution in [1.82, 2.24) is 19.6 Å². The summed E-state index contributed by atoms with van der Waals surface area (Å²) in [5.41, 5.74) is -1.61. The fourth-order valence-corrected chi connectivity index (χ4v) is 3.97. The number of likely N-dealkylation sites (N-methyl/N-ethyl adjacent to an activating group) is 1. The Bertz CT molecular complexity index is 663. The van der Waals surface area contributed by atoms with E-state index in [0.717, 1.165) is 19.0 Å². The van der Waals surface area contributed by atoms with E-state index in [2.05, 4.69) is 10.3 Å². The molecule has 0 bridgehead atoms. The Kier molecular flexibility index (Phi) is 3.88. The number of nitrogens with one attached hydrogen (secondary N) is 3. The molecule has 1 unspecified atom stereocenters. The lowest BCUT2D eigenvalue weighted by atomic mass is 10.2. The molecular weight excluding hydrogens is 272 g/mol. The van der Waals surface area contributed by atoms with Gasteiger partial charge in [-0.05, 0) is 19.9 Å². The van der Waals surface area contributed by atoms with E-state index >= 15 is 0 Å². The zero-order valence-electron chi connectivity index (χ0n) is 10.5. The van der Waals surface area contributed by atoms with E-state index < -0.39 is 26.2 Å². The minimum atomic E-state index is -3.88. The van der Waals surface area contributed by atoms with Crippen molar-refractivity contribution >= 4 is 10.0 Å². The fraction of sp³-hybridized carbons (Fsp3) is 0.600. The van der Waals surface area contributed by atoms with Crippen LogP contribution in [0.3, 0.4) is 0 Å². The standard InChI is InChI=1S/C10H16N4O4S/c1-11-5-7-3-2-4-14(7)19(17,18)8-6-12-10(16)13-9(8)15/h6-7,11H,2-5H2,1H3,(H2,12,13,15,16). The van der Waals surface area contributed by atoms with Gasteiger partial charge in [0, 0.05) is 25.3 Å². The highest BCUT2D eigenvalue weighted by Gasteiger charge is 2.36. The maximum absolute atomic E-state index is 12.4. The summed E-state index contributed by atoms with van der Waals surface area (Å²) in [4.78, 5) is 26.2. The molecule has 0 saturated carbocycles. The topological polar surface area (TPSA) is 115 Å². The summed E-state index contributed by atoms with van der Waals surface area (Å²) >= 11 is 0. The van der Waals surface area contributed by atoms with E-state index in [9.17, 15) is 18.0 Å². The summed E-state index contributed by atoms with van der Waals surface area (Å²) in [6.07, 6.45) is 2.46. The molecule has 0 aromatic carbocycles. The van der Waals surface area contributed by atoms with E-state index in [1.54, 1.807) is 7.05 Å². The van der Waals surface area contributed by atoms with Crippen molar-refractivity contribution in [3.8, 4) is 0 Å². The van der Waals surface area contributed by atoms with E-state index in [0.29, 0.717) is 13.1 Å². The van der Waals surface area contributed by atoms with Gasteiger partial charge >= 0.3 is 5.69 Å². The van der Waals surface area contributed by atoms with Crippen molar-refractivity contribution in [3.05, 3.63) is 27.0 Å². The van der Waals surface area contributed by atoms with Gasteiger partial charge < -0.3 is 10.3 Å². The maximum Gasteiger partial charge on any atom is 0.325 e. The quantitative estimate of drug-likeness (QED) is 0.619. The predicted molar refractivity (Wildman–Crippen MR) is 68.5 cm³/mol. The first-order valence-corrected chi connectivity index (χ1v) is 7.39. The molecule has 0 spiro atoms. The third kappa shape index (κ3) is 2.62. The smallest absolute Gasteiger partial charge is 0.318 e. The minimum Gasteiger partial charge on any atom is -0.318 e. The first-order valence-electron chi connectivity index (χ1n) is 5.95. The molecule has 2 rings (SSSR count). The molecule has 0 aliphatic carbocycles. The van der Waals surface area contributed by atoms with Crippen LogP contribution in [0.1, 0.15) is 12.8 Å². The van der Waals surface area contributed by atoms with Crippen LogP contribution in [0.4, 0.5) is 0 Å². The zero-order valence-corrected chi connectivity index (χ0v) is 11.3. The van der Waals surface area contributed by atoms with Gasteiger partial charge in [0.2, 0.25) is 10.0 Å². The van der Waals surface area contributed by atoms with Crippen LogP contribution in [0.2, 0.25) is 0 Å².